The quantitative estimate of drug-likeness (QED) is 0.280. The van der Waals surface area contributed by atoms with Crippen molar-refractivity contribution >= 4 is 40.8 Å². The number of hydrogen-bond acceptors (Lipinski definition) is 4. The molecule has 0 saturated carbocycles. The zero-order chi connectivity index (χ0) is 9.78. The standard InChI is InChI=1S/C3H7Cl3N4O2/c4-1-3(5,6)12-10(8)2(11)9-7/h1,7-8H2,(H,9,11). The molecule has 0 spiro atoms. The van der Waals surface area contributed by atoms with Gasteiger partial charge in [-0.2, -0.15) is 0 Å². The monoisotopic (exact) mass is 236 g/mol. The lowest BCUT2D eigenvalue weighted by Crippen LogP contribution is -2.50. The Balaban J connectivity index is 3.99. The molecule has 9 heteroatoms. The molecule has 0 aliphatic rings. The van der Waals surface area contributed by atoms with Gasteiger partial charge < -0.3 is 0 Å². The maximum absolute atomic E-state index is 10.6. The van der Waals surface area contributed by atoms with Crippen molar-refractivity contribution in [3.05, 3.63) is 0 Å². The number of carbonyl (C=O) groups is 1. The molecular weight excluding hydrogens is 230 g/mol. The first kappa shape index (κ1) is 12.0. The minimum Gasteiger partial charge on any atom is -0.273 e. The molecule has 0 bridgehead atoms. The lowest BCUT2D eigenvalue weighted by atomic mass is 10.8. The predicted octanol–water partition coefficient (Wildman–Crippen LogP) is 0.0472. The third kappa shape index (κ3) is 4.15. The highest BCUT2D eigenvalue weighted by Crippen LogP contribution is 2.24. The molecule has 0 aromatic rings. The van der Waals surface area contributed by atoms with E-state index < -0.39 is 10.6 Å². The molecule has 0 unspecified atom stereocenters. The van der Waals surface area contributed by atoms with Crippen molar-refractivity contribution in [2.24, 2.45) is 11.7 Å². The zero-order valence-electron chi connectivity index (χ0n) is 5.76. The van der Waals surface area contributed by atoms with E-state index in [1.807, 2.05) is 0 Å². The maximum atomic E-state index is 10.6. The Morgan fingerprint density at radius 1 is 1.67 bits per heavy atom. The second-order valence-corrected chi connectivity index (χ2v) is 3.32. The van der Waals surface area contributed by atoms with Crippen molar-refractivity contribution in [2.75, 3.05) is 5.88 Å². The Morgan fingerprint density at radius 3 is 2.50 bits per heavy atom. The highest BCUT2D eigenvalue weighted by Gasteiger charge is 2.28. The summed E-state index contributed by atoms with van der Waals surface area (Å²) in [6.45, 7) is 0. The number of amides is 2. The smallest absolute Gasteiger partial charge is 0.273 e. The molecule has 0 aromatic heterocycles. The fourth-order valence-corrected chi connectivity index (χ4v) is 0.471. The van der Waals surface area contributed by atoms with Gasteiger partial charge in [-0.3, -0.25) is 5.43 Å². The highest BCUT2D eigenvalue weighted by molar-refractivity contribution is 6.50. The minimum atomic E-state index is -1.76. The number of halogens is 3. The molecular formula is C3H7Cl3N4O2. The third-order valence-corrected chi connectivity index (χ3v) is 1.77. The highest BCUT2D eigenvalue weighted by atomic mass is 35.5. The van der Waals surface area contributed by atoms with Gasteiger partial charge in [-0.25, -0.2) is 21.3 Å². The van der Waals surface area contributed by atoms with Crippen molar-refractivity contribution in [3.63, 3.8) is 0 Å². The maximum Gasteiger partial charge on any atom is 0.370 e. The molecule has 6 nitrogen and oxygen atoms in total. The van der Waals surface area contributed by atoms with Crippen LogP contribution in [0.2, 0.25) is 0 Å². The van der Waals surface area contributed by atoms with E-state index >= 15 is 0 Å². The molecule has 5 N–H and O–H groups in total. The van der Waals surface area contributed by atoms with E-state index in [-0.39, 0.29) is 11.1 Å². The van der Waals surface area contributed by atoms with Gasteiger partial charge in [-0.1, -0.05) is 23.2 Å². The first-order chi connectivity index (χ1) is 5.43. The number of nitrogens with zero attached hydrogens (tertiary/aromatic N) is 1. The Hall–Kier alpha value is 0.0200. The van der Waals surface area contributed by atoms with Gasteiger partial charge in [0, 0.05) is 0 Å². The summed E-state index contributed by atoms with van der Waals surface area (Å²) in [6, 6.07) is -0.911. The van der Waals surface area contributed by atoms with Crippen molar-refractivity contribution in [3.8, 4) is 0 Å². The fraction of sp³-hybridized carbons (Fsp3) is 0.667. The second-order valence-electron chi connectivity index (χ2n) is 1.64. The first-order valence-corrected chi connectivity index (χ1v) is 3.90. The van der Waals surface area contributed by atoms with Gasteiger partial charge in [-0.05, 0) is 0 Å². The molecule has 0 atom stereocenters. The average Bonchev–Trinajstić information content (AvgIpc) is 2.02. The molecule has 0 fully saturated rings. The summed E-state index contributed by atoms with van der Waals surface area (Å²) in [5.41, 5.74) is 1.69. The predicted molar refractivity (Wildman–Crippen MR) is 45.0 cm³/mol. The molecule has 72 valence electrons. The van der Waals surface area contributed by atoms with Crippen LogP contribution in [0, 0.1) is 0 Å². The van der Waals surface area contributed by atoms with Crippen LogP contribution in [-0.2, 0) is 4.84 Å². The van der Waals surface area contributed by atoms with E-state index in [9.17, 15) is 4.79 Å². The largest absolute Gasteiger partial charge is 0.370 e. The minimum absolute atomic E-state index is 0.238. The second kappa shape index (κ2) is 4.90. The topological polar surface area (TPSA) is 93.6 Å². The van der Waals surface area contributed by atoms with Gasteiger partial charge in [0.15, 0.2) is 0 Å². The van der Waals surface area contributed by atoms with Gasteiger partial charge in [0.05, 0.1) is 5.88 Å². The zero-order valence-corrected chi connectivity index (χ0v) is 8.03. The number of nitrogens with two attached hydrogens (primary N) is 2. The van der Waals surface area contributed by atoms with Gasteiger partial charge in [-0.15, -0.1) is 16.8 Å². The number of hydroxylamine groups is 1. The third-order valence-electron chi connectivity index (χ3n) is 0.711. The summed E-state index contributed by atoms with van der Waals surface area (Å²) in [7, 11) is 0. The molecule has 0 saturated heterocycles. The van der Waals surface area contributed by atoms with Crippen LogP contribution in [0.5, 0.6) is 0 Å². The van der Waals surface area contributed by atoms with Gasteiger partial charge in [0.25, 0.3) is 4.52 Å². The average molecular weight is 237 g/mol. The van der Waals surface area contributed by atoms with Gasteiger partial charge in [0.2, 0.25) is 0 Å². The SMILES string of the molecule is NNC(=O)N(N)OC(Cl)(Cl)CCl. The molecule has 0 heterocycles. The van der Waals surface area contributed by atoms with Gasteiger partial charge >= 0.3 is 6.03 Å². The van der Waals surface area contributed by atoms with Crippen LogP contribution in [0.4, 0.5) is 4.79 Å². The number of alkyl halides is 3. The summed E-state index contributed by atoms with van der Waals surface area (Å²) in [6.07, 6.45) is 0. The molecule has 0 rings (SSSR count). The number of hydrogen-bond donors (Lipinski definition) is 3. The Labute approximate surface area is 83.5 Å². The number of rotatable bonds is 3. The first-order valence-electron chi connectivity index (χ1n) is 2.61. The van der Waals surface area contributed by atoms with E-state index in [0.717, 1.165) is 0 Å². The summed E-state index contributed by atoms with van der Waals surface area (Å²) < 4.78 is -1.76. The summed E-state index contributed by atoms with van der Waals surface area (Å²) in [5.74, 6) is 9.43. The van der Waals surface area contributed by atoms with Crippen LogP contribution in [-0.4, -0.2) is 21.6 Å². The van der Waals surface area contributed by atoms with Gasteiger partial charge in [0.1, 0.15) is 0 Å². The summed E-state index contributed by atoms with van der Waals surface area (Å²) in [4.78, 5) is 15.0. The van der Waals surface area contributed by atoms with Crippen LogP contribution >= 0.6 is 34.8 Å². The van der Waals surface area contributed by atoms with Crippen LogP contribution in [0.1, 0.15) is 0 Å². The Kier molecular flexibility index (Phi) is 4.91. The van der Waals surface area contributed by atoms with E-state index in [2.05, 4.69) is 4.84 Å². The number of carbonyl (C=O) groups excluding carboxylic acids is 1. The van der Waals surface area contributed by atoms with Crippen molar-refractivity contribution in [1.82, 2.24) is 10.6 Å². The number of nitrogens with one attached hydrogen (secondary N) is 1. The molecule has 0 aliphatic heterocycles. The lowest BCUT2D eigenvalue weighted by Gasteiger charge is -2.22. The van der Waals surface area contributed by atoms with Crippen LogP contribution < -0.4 is 17.1 Å². The van der Waals surface area contributed by atoms with E-state index in [0.29, 0.717) is 0 Å². The molecule has 0 aromatic carbocycles. The fourth-order valence-electron chi connectivity index (χ4n) is 0.273. The van der Waals surface area contributed by atoms with E-state index in [4.69, 9.17) is 46.5 Å². The van der Waals surface area contributed by atoms with Crippen molar-refractivity contribution in [2.45, 2.75) is 4.52 Å². The Bertz CT molecular complexity index is 166. The molecule has 2 amide bonds. The normalized spacial score (nSPS) is 11.1. The van der Waals surface area contributed by atoms with Crippen molar-refractivity contribution in [1.29, 1.82) is 0 Å². The van der Waals surface area contributed by atoms with Crippen LogP contribution in [0.25, 0.3) is 0 Å². The summed E-state index contributed by atoms with van der Waals surface area (Å²) >= 11 is 16.0. The number of hydrazine groups is 2. The Morgan fingerprint density at radius 2 is 2.17 bits per heavy atom. The van der Waals surface area contributed by atoms with E-state index in [1.165, 1.54) is 0 Å². The van der Waals surface area contributed by atoms with Crippen LogP contribution in [0.3, 0.4) is 0 Å². The van der Waals surface area contributed by atoms with Crippen LogP contribution in [0.15, 0.2) is 0 Å². The van der Waals surface area contributed by atoms with Crippen molar-refractivity contribution < 1.29 is 9.63 Å². The lowest BCUT2D eigenvalue weighted by molar-refractivity contribution is -0.144. The molecule has 0 radical (unpaired) electrons. The molecule has 0 aliphatic carbocycles. The summed E-state index contributed by atoms with van der Waals surface area (Å²) in [5, 5.41) is 0.238. The van der Waals surface area contributed by atoms with E-state index in [1.54, 1.807) is 5.43 Å². The number of urea groups is 1. The molecule has 12 heavy (non-hydrogen) atoms.